The maximum atomic E-state index is 5.82. The van der Waals surface area contributed by atoms with E-state index in [-0.39, 0.29) is 0 Å². The molecule has 1 unspecified atom stereocenters. The van der Waals surface area contributed by atoms with Crippen molar-refractivity contribution in [2.75, 3.05) is 6.54 Å². The third kappa shape index (κ3) is 2.07. The molecule has 1 saturated carbocycles. The minimum atomic E-state index is 0.380. The lowest BCUT2D eigenvalue weighted by Crippen LogP contribution is -2.11. The molecule has 0 heterocycles. The summed E-state index contributed by atoms with van der Waals surface area (Å²) in [6.45, 7) is 2.81. The molecule has 1 aromatic carbocycles. The molecular weight excluding hydrogens is 174 g/mol. The van der Waals surface area contributed by atoms with Crippen molar-refractivity contribution in [3.8, 4) is 5.75 Å². The van der Waals surface area contributed by atoms with Gasteiger partial charge in [0.1, 0.15) is 5.75 Å². The number of hydrogen-bond donors (Lipinski definition) is 1. The molecule has 1 aliphatic carbocycles. The van der Waals surface area contributed by atoms with Gasteiger partial charge in [-0.1, -0.05) is 25.1 Å². The first-order valence-electron chi connectivity index (χ1n) is 5.27. The van der Waals surface area contributed by atoms with Crippen LogP contribution < -0.4 is 10.5 Å². The van der Waals surface area contributed by atoms with Gasteiger partial charge in [0, 0.05) is 0 Å². The molecule has 1 aliphatic rings. The molecule has 76 valence electrons. The first kappa shape index (κ1) is 9.53. The smallest absolute Gasteiger partial charge is 0.123 e. The molecule has 0 bridgehead atoms. The Hall–Kier alpha value is -1.02. The van der Waals surface area contributed by atoms with Crippen LogP contribution in [-0.2, 0) is 0 Å². The summed E-state index contributed by atoms with van der Waals surface area (Å²) in [4.78, 5) is 0. The Morgan fingerprint density at radius 2 is 2.14 bits per heavy atom. The van der Waals surface area contributed by atoms with Gasteiger partial charge in [-0.3, -0.25) is 0 Å². The molecule has 0 radical (unpaired) electrons. The Morgan fingerprint density at radius 1 is 1.43 bits per heavy atom. The Morgan fingerprint density at radius 3 is 2.79 bits per heavy atom. The summed E-state index contributed by atoms with van der Waals surface area (Å²) in [7, 11) is 0. The predicted octanol–water partition coefficient (Wildman–Crippen LogP) is 2.29. The van der Waals surface area contributed by atoms with Crippen molar-refractivity contribution in [3.05, 3.63) is 29.8 Å². The van der Waals surface area contributed by atoms with Crippen LogP contribution in [0.25, 0.3) is 0 Å². The minimum absolute atomic E-state index is 0.380. The van der Waals surface area contributed by atoms with E-state index in [1.807, 2.05) is 18.2 Å². The molecule has 0 spiro atoms. The lowest BCUT2D eigenvalue weighted by molar-refractivity contribution is 0.298. The van der Waals surface area contributed by atoms with Gasteiger partial charge < -0.3 is 10.5 Å². The average Bonchev–Trinajstić information content (AvgIpc) is 3.01. The summed E-state index contributed by atoms with van der Waals surface area (Å²) in [5.41, 5.74) is 6.90. The van der Waals surface area contributed by atoms with Crippen LogP contribution in [0.2, 0.25) is 0 Å². The monoisotopic (exact) mass is 191 g/mol. The molecule has 2 heteroatoms. The van der Waals surface area contributed by atoms with Crippen molar-refractivity contribution in [3.63, 3.8) is 0 Å². The minimum Gasteiger partial charge on any atom is -0.490 e. The second-order valence-corrected chi connectivity index (χ2v) is 3.99. The SMILES string of the molecule is CC(CN)c1ccccc1OC1CC1. The van der Waals surface area contributed by atoms with E-state index in [0.29, 0.717) is 18.6 Å². The number of hydrogen-bond acceptors (Lipinski definition) is 2. The number of benzene rings is 1. The standard InChI is InChI=1S/C12H17NO/c1-9(8-13)11-4-2-3-5-12(11)14-10-6-7-10/h2-5,9-10H,6-8,13H2,1H3. The zero-order chi connectivity index (χ0) is 9.97. The topological polar surface area (TPSA) is 35.2 Å². The second kappa shape index (κ2) is 4.01. The number of para-hydroxylation sites is 1. The number of ether oxygens (including phenoxy) is 1. The van der Waals surface area contributed by atoms with Crippen molar-refractivity contribution >= 4 is 0 Å². The normalized spacial score (nSPS) is 17.9. The van der Waals surface area contributed by atoms with Gasteiger partial charge >= 0.3 is 0 Å². The molecule has 0 aromatic heterocycles. The van der Waals surface area contributed by atoms with E-state index in [4.69, 9.17) is 10.5 Å². The predicted molar refractivity (Wildman–Crippen MR) is 57.6 cm³/mol. The van der Waals surface area contributed by atoms with Gasteiger partial charge in [0.05, 0.1) is 6.10 Å². The highest BCUT2D eigenvalue weighted by atomic mass is 16.5. The van der Waals surface area contributed by atoms with E-state index in [1.54, 1.807) is 0 Å². The van der Waals surface area contributed by atoms with E-state index in [2.05, 4.69) is 13.0 Å². The molecule has 1 fully saturated rings. The van der Waals surface area contributed by atoms with Crippen molar-refractivity contribution < 1.29 is 4.74 Å². The highest BCUT2D eigenvalue weighted by Gasteiger charge is 2.24. The van der Waals surface area contributed by atoms with E-state index in [9.17, 15) is 0 Å². The molecule has 2 rings (SSSR count). The van der Waals surface area contributed by atoms with Gasteiger partial charge in [-0.05, 0) is 36.9 Å². The van der Waals surface area contributed by atoms with E-state index in [0.717, 1.165) is 5.75 Å². The number of nitrogens with two attached hydrogens (primary N) is 1. The third-order valence-corrected chi connectivity index (χ3v) is 2.62. The fraction of sp³-hybridized carbons (Fsp3) is 0.500. The molecule has 0 aliphatic heterocycles. The largest absolute Gasteiger partial charge is 0.490 e. The second-order valence-electron chi connectivity index (χ2n) is 3.99. The van der Waals surface area contributed by atoms with Crippen LogP contribution in [0.4, 0.5) is 0 Å². The van der Waals surface area contributed by atoms with Crippen molar-refractivity contribution in [1.29, 1.82) is 0 Å². The molecule has 2 nitrogen and oxygen atoms in total. The Labute approximate surface area is 85.1 Å². The van der Waals surface area contributed by atoms with Crippen LogP contribution in [0.3, 0.4) is 0 Å². The molecule has 1 aromatic rings. The van der Waals surface area contributed by atoms with Crippen molar-refractivity contribution in [1.82, 2.24) is 0 Å². The third-order valence-electron chi connectivity index (χ3n) is 2.62. The van der Waals surface area contributed by atoms with Crippen LogP contribution in [0.15, 0.2) is 24.3 Å². The number of rotatable bonds is 4. The summed E-state index contributed by atoms with van der Waals surface area (Å²) in [6.07, 6.45) is 2.86. The highest BCUT2D eigenvalue weighted by molar-refractivity contribution is 5.36. The zero-order valence-electron chi connectivity index (χ0n) is 8.57. The van der Waals surface area contributed by atoms with Gasteiger partial charge in [0.15, 0.2) is 0 Å². The van der Waals surface area contributed by atoms with E-state index in [1.165, 1.54) is 18.4 Å². The summed E-state index contributed by atoms with van der Waals surface area (Å²) < 4.78 is 5.82. The Kier molecular flexibility index (Phi) is 2.73. The molecule has 0 amide bonds. The van der Waals surface area contributed by atoms with Gasteiger partial charge in [0.25, 0.3) is 0 Å². The van der Waals surface area contributed by atoms with E-state index < -0.39 is 0 Å². The molecule has 2 N–H and O–H groups in total. The average molecular weight is 191 g/mol. The summed E-state index contributed by atoms with van der Waals surface area (Å²) >= 11 is 0. The van der Waals surface area contributed by atoms with Crippen LogP contribution in [-0.4, -0.2) is 12.6 Å². The zero-order valence-corrected chi connectivity index (χ0v) is 8.57. The Balaban J connectivity index is 2.18. The quantitative estimate of drug-likeness (QED) is 0.792. The fourth-order valence-electron chi connectivity index (χ4n) is 1.49. The molecular formula is C12H17NO. The van der Waals surface area contributed by atoms with Crippen molar-refractivity contribution in [2.24, 2.45) is 5.73 Å². The first-order valence-corrected chi connectivity index (χ1v) is 5.27. The van der Waals surface area contributed by atoms with Gasteiger partial charge in [-0.2, -0.15) is 0 Å². The van der Waals surface area contributed by atoms with Gasteiger partial charge in [-0.25, -0.2) is 0 Å². The summed E-state index contributed by atoms with van der Waals surface area (Å²) in [6, 6.07) is 8.21. The van der Waals surface area contributed by atoms with Crippen LogP contribution in [0, 0.1) is 0 Å². The summed E-state index contributed by atoms with van der Waals surface area (Å²) in [5, 5.41) is 0. The van der Waals surface area contributed by atoms with Crippen LogP contribution in [0.1, 0.15) is 31.2 Å². The van der Waals surface area contributed by atoms with E-state index >= 15 is 0 Å². The van der Waals surface area contributed by atoms with Crippen molar-refractivity contribution in [2.45, 2.75) is 31.8 Å². The Bertz CT molecular complexity index is 307. The fourth-order valence-corrected chi connectivity index (χ4v) is 1.49. The maximum Gasteiger partial charge on any atom is 0.123 e. The lowest BCUT2D eigenvalue weighted by atomic mass is 10.0. The maximum absolute atomic E-state index is 5.82. The van der Waals surface area contributed by atoms with Gasteiger partial charge in [-0.15, -0.1) is 0 Å². The molecule has 0 saturated heterocycles. The first-order chi connectivity index (χ1) is 6.81. The van der Waals surface area contributed by atoms with Crippen LogP contribution in [0.5, 0.6) is 5.75 Å². The highest BCUT2D eigenvalue weighted by Crippen LogP contribution is 2.32. The van der Waals surface area contributed by atoms with Gasteiger partial charge in [0.2, 0.25) is 0 Å². The lowest BCUT2D eigenvalue weighted by Gasteiger charge is -2.14. The molecule has 14 heavy (non-hydrogen) atoms. The summed E-state index contributed by atoms with van der Waals surface area (Å²) in [5.74, 6) is 1.40. The molecule has 1 atom stereocenters. The van der Waals surface area contributed by atoms with Crippen LogP contribution >= 0.6 is 0 Å².